The van der Waals surface area contributed by atoms with Crippen molar-refractivity contribution >= 4 is 27.6 Å². The van der Waals surface area contributed by atoms with Crippen LogP contribution >= 0.6 is 0 Å². The molecule has 4 rings (SSSR count). The molecule has 0 bridgehead atoms. The molecule has 0 atom stereocenters. The summed E-state index contributed by atoms with van der Waals surface area (Å²) in [7, 11) is -0.454. The lowest BCUT2D eigenvalue weighted by atomic mass is 10.1. The molecule has 0 amide bonds. The van der Waals surface area contributed by atoms with Gasteiger partial charge in [0.15, 0.2) is 5.78 Å². The van der Waals surface area contributed by atoms with E-state index in [1.165, 1.54) is 30.3 Å². The number of aryl methyl sites for hydroxylation is 1. The van der Waals surface area contributed by atoms with Gasteiger partial charge in [-0.2, -0.15) is 0 Å². The number of methoxy groups -OCH3 is 2. The number of carbonyl (C=O) groups is 1. The van der Waals surface area contributed by atoms with Crippen LogP contribution in [0.2, 0.25) is 0 Å². The van der Waals surface area contributed by atoms with Gasteiger partial charge in [0.2, 0.25) is 10.0 Å². The molecule has 2 heterocycles. The Morgan fingerprint density at radius 3 is 2.46 bits per heavy atom. The number of imidazole rings is 1. The number of nitrogens with one attached hydrogen (secondary N) is 1. The third-order valence-corrected chi connectivity index (χ3v) is 7.76. The normalized spacial score (nSPS) is 13.8. The van der Waals surface area contributed by atoms with Crippen LogP contribution in [-0.2, 0) is 16.6 Å². The van der Waals surface area contributed by atoms with Gasteiger partial charge in [-0.1, -0.05) is 0 Å². The van der Waals surface area contributed by atoms with Gasteiger partial charge in [-0.15, -0.1) is 0 Å². The van der Waals surface area contributed by atoms with E-state index >= 15 is 0 Å². The first-order chi connectivity index (χ1) is 17.9. The van der Waals surface area contributed by atoms with Gasteiger partial charge >= 0.3 is 0 Å². The molecule has 10 heteroatoms. The Labute approximate surface area is 217 Å². The topological polar surface area (TPSA) is 103 Å². The zero-order valence-corrected chi connectivity index (χ0v) is 21.9. The maximum absolute atomic E-state index is 12.8. The lowest BCUT2D eigenvalue weighted by Gasteiger charge is -2.22. The van der Waals surface area contributed by atoms with Crippen molar-refractivity contribution in [2.24, 2.45) is 0 Å². The van der Waals surface area contributed by atoms with E-state index < -0.39 is 10.0 Å². The number of hydrogen-bond donors (Lipinski definition) is 1. The third-order valence-electron chi connectivity index (χ3n) is 6.29. The second-order valence-corrected chi connectivity index (χ2v) is 10.5. The predicted octanol–water partition coefficient (Wildman–Crippen LogP) is 3.77. The lowest BCUT2D eigenvalue weighted by Crippen LogP contribution is -2.25. The molecule has 0 spiro atoms. The number of ether oxygens (including phenoxy) is 2. The van der Waals surface area contributed by atoms with Gasteiger partial charge < -0.3 is 18.9 Å². The monoisotopic (exact) mass is 524 g/mol. The molecule has 0 aliphatic carbocycles. The molecule has 0 saturated carbocycles. The van der Waals surface area contributed by atoms with Crippen molar-refractivity contribution in [1.82, 2.24) is 14.3 Å². The van der Waals surface area contributed by atoms with Crippen LogP contribution in [0.5, 0.6) is 11.5 Å². The average molecular weight is 525 g/mol. The largest absolute Gasteiger partial charge is 0.496 e. The van der Waals surface area contributed by atoms with Crippen LogP contribution in [0, 0.1) is 0 Å². The molecule has 1 aliphatic rings. The highest BCUT2D eigenvalue weighted by Crippen LogP contribution is 2.37. The minimum absolute atomic E-state index is 0.114. The molecule has 9 nitrogen and oxygen atoms in total. The first-order valence-electron chi connectivity index (χ1n) is 12.2. The van der Waals surface area contributed by atoms with Crippen molar-refractivity contribution < 1.29 is 22.7 Å². The molecule has 1 aromatic heterocycles. The van der Waals surface area contributed by atoms with Gasteiger partial charge in [-0.3, -0.25) is 4.79 Å². The van der Waals surface area contributed by atoms with Crippen molar-refractivity contribution in [3.8, 4) is 11.5 Å². The van der Waals surface area contributed by atoms with E-state index in [1.807, 2.05) is 22.9 Å². The van der Waals surface area contributed by atoms with Gasteiger partial charge in [-0.05, 0) is 61.7 Å². The van der Waals surface area contributed by atoms with Crippen molar-refractivity contribution in [1.29, 1.82) is 0 Å². The van der Waals surface area contributed by atoms with Crippen LogP contribution in [0.4, 0.5) is 5.69 Å². The van der Waals surface area contributed by atoms with Gasteiger partial charge in [0.25, 0.3) is 0 Å². The van der Waals surface area contributed by atoms with Gasteiger partial charge in [0, 0.05) is 55.8 Å². The van der Waals surface area contributed by atoms with Crippen molar-refractivity contribution in [3.05, 3.63) is 72.3 Å². The first-order valence-corrected chi connectivity index (χ1v) is 13.7. The van der Waals surface area contributed by atoms with Crippen molar-refractivity contribution in [2.75, 3.05) is 38.8 Å². The van der Waals surface area contributed by atoms with E-state index in [-0.39, 0.29) is 10.7 Å². The van der Waals surface area contributed by atoms with E-state index in [0.717, 1.165) is 42.9 Å². The summed E-state index contributed by atoms with van der Waals surface area (Å²) >= 11 is 0. The van der Waals surface area contributed by atoms with Crippen LogP contribution in [-0.4, -0.2) is 57.6 Å². The number of nitrogens with zero attached hydrogens (tertiary/aromatic N) is 3. The Morgan fingerprint density at radius 1 is 1.08 bits per heavy atom. The molecule has 3 aromatic rings. The maximum atomic E-state index is 12.8. The fourth-order valence-corrected chi connectivity index (χ4v) is 5.35. The molecule has 1 aliphatic heterocycles. The zero-order chi connectivity index (χ0) is 26.3. The number of aromatic nitrogens is 2. The third kappa shape index (κ3) is 6.58. The Hall–Kier alpha value is -3.63. The summed E-state index contributed by atoms with van der Waals surface area (Å²) in [5.41, 5.74) is 2.13. The van der Waals surface area contributed by atoms with Crippen LogP contribution in [0.25, 0.3) is 6.08 Å². The van der Waals surface area contributed by atoms with Crippen LogP contribution in [0.15, 0.2) is 66.1 Å². The van der Waals surface area contributed by atoms with Crippen LogP contribution < -0.4 is 19.1 Å². The van der Waals surface area contributed by atoms with Crippen LogP contribution in [0.3, 0.4) is 0 Å². The summed E-state index contributed by atoms with van der Waals surface area (Å²) in [5, 5.41) is 0. The highest BCUT2D eigenvalue weighted by Gasteiger charge is 2.19. The molecule has 1 saturated heterocycles. The summed E-state index contributed by atoms with van der Waals surface area (Å²) in [6.07, 6.45) is 11.3. The Balaban J connectivity index is 1.42. The predicted molar refractivity (Wildman–Crippen MR) is 143 cm³/mol. The smallest absolute Gasteiger partial charge is 0.240 e. The number of ketones is 1. The summed E-state index contributed by atoms with van der Waals surface area (Å²) in [4.78, 5) is 19.2. The minimum atomic E-state index is -3.66. The first kappa shape index (κ1) is 26.4. The highest BCUT2D eigenvalue weighted by atomic mass is 32.2. The van der Waals surface area contributed by atoms with E-state index in [2.05, 4.69) is 14.6 Å². The number of allylic oxidation sites excluding steroid dienone is 1. The number of sulfonamides is 1. The summed E-state index contributed by atoms with van der Waals surface area (Å²) < 4.78 is 40.7. The molecule has 1 N–H and O–H groups in total. The second kappa shape index (κ2) is 12.1. The van der Waals surface area contributed by atoms with E-state index in [9.17, 15) is 13.2 Å². The number of hydrogen-bond acceptors (Lipinski definition) is 7. The van der Waals surface area contributed by atoms with E-state index in [4.69, 9.17) is 9.47 Å². The van der Waals surface area contributed by atoms with Gasteiger partial charge in [-0.25, -0.2) is 18.1 Å². The van der Waals surface area contributed by atoms with Crippen molar-refractivity contribution in [2.45, 2.75) is 30.7 Å². The molecule has 37 heavy (non-hydrogen) atoms. The fraction of sp³-hybridized carbons (Fsp3) is 0.333. The maximum Gasteiger partial charge on any atom is 0.240 e. The average Bonchev–Trinajstić information content (AvgIpc) is 3.64. The molecule has 1 fully saturated rings. The van der Waals surface area contributed by atoms with Crippen molar-refractivity contribution in [3.63, 3.8) is 0 Å². The highest BCUT2D eigenvalue weighted by molar-refractivity contribution is 7.89. The Bertz CT molecular complexity index is 1330. The van der Waals surface area contributed by atoms with Gasteiger partial charge in [0.05, 0.1) is 31.1 Å². The number of rotatable bonds is 12. The zero-order valence-electron chi connectivity index (χ0n) is 21.1. The Morgan fingerprint density at radius 2 is 1.81 bits per heavy atom. The summed E-state index contributed by atoms with van der Waals surface area (Å²) in [6.45, 7) is 2.88. The summed E-state index contributed by atoms with van der Waals surface area (Å²) in [6, 6.07) is 9.74. The number of benzene rings is 2. The minimum Gasteiger partial charge on any atom is -0.496 e. The van der Waals surface area contributed by atoms with E-state index in [1.54, 1.807) is 32.8 Å². The molecule has 196 valence electrons. The van der Waals surface area contributed by atoms with Crippen LogP contribution in [0.1, 0.15) is 35.2 Å². The summed E-state index contributed by atoms with van der Waals surface area (Å²) in [5.74, 6) is 1.09. The fourth-order valence-electron chi connectivity index (χ4n) is 4.27. The molecular formula is C27H32N4O5S. The molecular weight excluding hydrogens is 492 g/mol. The lowest BCUT2D eigenvalue weighted by molar-refractivity contribution is 0.104. The molecule has 0 radical (unpaired) electrons. The number of carbonyl (C=O) groups excluding carboxylic acids is 1. The molecule has 0 unspecified atom stereocenters. The van der Waals surface area contributed by atoms with E-state index in [0.29, 0.717) is 30.8 Å². The van der Waals surface area contributed by atoms with Gasteiger partial charge in [0.1, 0.15) is 11.5 Å². The molecule has 2 aromatic carbocycles. The SMILES string of the molecule is COc1cc(OC)c(N2CCCC2)cc1C=CC(=O)c1ccc(S(=O)(=O)NCCCn2ccnc2)cc1. The standard InChI is InChI=1S/C27H32N4O5S/c1-35-26-19-27(36-2)24(31-15-3-4-16-31)18-22(26)8-11-25(32)21-6-9-23(10-7-21)37(33,34)29-12-5-14-30-17-13-28-20-30/h6-11,13,17-20,29H,3-5,12,14-16H2,1-2H3. The number of anilines is 1. The second-order valence-electron chi connectivity index (χ2n) is 8.73. The quantitative estimate of drug-likeness (QED) is 0.219. The Kier molecular flexibility index (Phi) is 8.62.